The van der Waals surface area contributed by atoms with Gasteiger partial charge in [0.05, 0.1) is 13.2 Å². The number of ether oxygens (including phenoxy) is 2. The Morgan fingerprint density at radius 2 is 2.13 bits per heavy atom. The third-order valence-electron chi connectivity index (χ3n) is 6.25. The molecule has 1 aromatic carbocycles. The molecular formula is C25H36O6. The highest BCUT2D eigenvalue weighted by atomic mass is 16.5. The van der Waals surface area contributed by atoms with Gasteiger partial charge in [0, 0.05) is 37.7 Å². The number of rotatable bonds is 8. The Morgan fingerprint density at radius 1 is 1.35 bits per heavy atom. The van der Waals surface area contributed by atoms with Crippen molar-refractivity contribution in [2.45, 2.75) is 77.4 Å². The lowest BCUT2D eigenvalue weighted by Crippen LogP contribution is -2.33. The highest BCUT2D eigenvalue weighted by Gasteiger charge is 2.31. The van der Waals surface area contributed by atoms with Crippen molar-refractivity contribution in [2.75, 3.05) is 13.7 Å². The lowest BCUT2D eigenvalue weighted by molar-refractivity contribution is -0.151. The van der Waals surface area contributed by atoms with Crippen LogP contribution in [0.4, 0.5) is 0 Å². The summed E-state index contributed by atoms with van der Waals surface area (Å²) in [7, 11) is 1.50. The first-order valence-electron chi connectivity index (χ1n) is 11.1. The molecule has 1 aliphatic carbocycles. The van der Waals surface area contributed by atoms with Gasteiger partial charge in [0.25, 0.3) is 0 Å². The summed E-state index contributed by atoms with van der Waals surface area (Å²) >= 11 is 0. The standard InChI is InChI=1S/C25H36O6/c1-4-25(12-6-14-26)11-5-7-20(15-19-8-9-22(29)24(16-19)30-3)23(31-18(2)27)17-21(28)10-13-25/h8-9,16,20-21,23,26,28-29H,4,6-7,10,12-15,17H2,1-3H3/t20-,21-,23-,25-/m0/s1. The van der Waals surface area contributed by atoms with E-state index in [-0.39, 0.29) is 29.7 Å². The zero-order valence-electron chi connectivity index (χ0n) is 18.9. The van der Waals surface area contributed by atoms with E-state index in [0.29, 0.717) is 37.9 Å². The smallest absolute Gasteiger partial charge is 0.302 e. The van der Waals surface area contributed by atoms with Crippen molar-refractivity contribution >= 4 is 5.97 Å². The Bertz CT molecular complexity index is 780. The van der Waals surface area contributed by atoms with E-state index in [9.17, 15) is 20.1 Å². The summed E-state index contributed by atoms with van der Waals surface area (Å²) in [5.74, 6) is 6.78. The molecule has 3 N–H and O–H groups in total. The van der Waals surface area contributed by atoms with E-state index in [4.69, 9.17) is 9.47 Å². The normalized spacial score (nSPS) is 26.4. The van der Waals surface area contributed by atoms with Crippen molar-refractivity contribution in [3.05, 3.63) is 23.8 Å². The van der Waals surface area contributed by atoms with E-state index >= 15 is 0 Å². The zero-order chi connectivity index (χ0) is 22.9. The molecule has 0 fully saturated rings. The Labute approximate surface area is 185 Å². The van der Waals surface area contributed by atoms with Gasteiger partial charge in [0.1, 0.15) is 6.10 Å². The predicted molar refractivity (Wildman–Crippen MR) is 119 cm³/mol. The monoisotopic (exact) mass is 432 g/mol. The van der Waals surface area contributed by atoms with Gasteiger partial charge in [-0.1, -0.05) is 18.9 Å². The molecule has 0 aliphatic heterocycles. The maximum absolute atomic E-state index is 11.8. The first kappa shape index (κ1) is 25.0. The number of aromatic hydroxyl groups is 1. The van der Waals surface area contributed by atoms with Crippen LogP contribution in [0.3, 0.4) is 0 Å². The average molecular weight is 433 g/mol. The largest absolute Gasteiger partial charge is 0.504 e. The molecule has 0 spiro atoms. The molecule has 0 saturated carbocycles. The number of phenols is 1. The van der Waals surface area contributed by atoms with Gasteiger partial charge in [-0.15, -0.1) is 5.92 Å². The molecule has 0 bridgehead atoms. The molecule has 0 heterocycles. The highest BCUT2D eigenvalue weighted by Crippen LogP contribution is 2.36. The molecule has 0 unspecified atom stereocenters. The van der Waals surface area contributed by atoms with Gasteiger partial charge in [-0.25, -0.2) is 0 Å². The van der Waals surface area contributed by atoms with Gasteiger partial charge < -0.3 is 24.8 Å². The van der Waals surface area contributed by atoms with Crippen molar-refractivity contribution in [1.29, 1.82) is 0 Å². The third-order valence-corrected chi connectivity index (χ3v) is 6.25. The summed E-state index contributed by atoms with van der Waals surface area (Å²) in [6.45, 7) is 3.62. The van der Waals surface area contributed by atoms with Crippen LogP contribution in [0.25, 0.3) is 0 Å². The molecule has 0 amide bonds. The number of aliphatic hydroxyl groups excluding tert-OH is 2. The Morgan fingerprint density at radius 3 is 2.77 bits per heavy atom. The number of hydrogen-bond acceptors (Lipinski definition) is 6. The SMILES string of the molecule is CC[C@@]1(CCCO)C#CC[C@@H](Cc2ccc(O)c(OC)c2)[C@@H](OC(C)=O)C[C@@H](O)CC1. The maximum atomic E-state index is 11.8. The molecule has 1 aromatic rings. The number of benzene rings is 1. The van der Waals surface area contributed by atoms with Gasteiger partial charge in [0.15, 0.2) is 11.5 Å². The Kier molecular flexibility index (Phi) is 9.67. The molecule has 0 aromatic heterocycles. The zero-order valence-corrected chi connectivity index (χ0v) is 18.9. The highest BCUT2D eigenvalue weighted by molar-refractivity contribution is 5.66. The molecule has 0 saturated heterocycles. The van der Waals surface area contributed by atoms with E-state index in [2.05, 4.69) is 18.8 Å². The van der Waals surface area contributed by atoms with Crippen molar-refractivity contribution in [1.82, 2.24) is 0 Å². The number of carbonyl (C=O) groups excluding carboxylic acids is 1. The summed E-state index contributed by atoms with van der Waals surface area (Å²) < 4.78 is 10.8. The second kappa shape index (κ2) is 12.0. The summed E-state index contributed by atoms with van der Waals surface area (Å²) in [6, 6.07) is 5.19. The van der Waals surface area contributed by atoms with Crippen LogP contribution < -0.4 is 4.74 Å². The van der Waals surface area contributed by atoms with Crippen LogP contribution in [0, 0.1) is 23.2 Å². The molecule has 2 rings (SSSR count). The second-order valence-corrected chi connectivity index (χ2v) is 8.51. The molecule has 6 nitrogen and oxygen atoms in total. The van der Waals surface area contributed by atoms with E-state index in [1.807, 2.05) is 6.07 Å². The first-order chi connectivity index (χ1) is 14.8. The second-order valence-electron chi connectivity index (χ2n) is 8.51. The number of phenolic OH excluding ortho intramolecular Hbond substituents is 1. The number of methoxy groups -OCH3 is 1. The average Bonchev–Trinajstić information content (AvgIpc) is 2.74. The third kappa shape index (κ3) is 7.45. The Hall–Kier alpha value is -2.23. The van der Waals surface area contributed by atoms with Crippen LogP contribution in [0.2, 0.25) is 0 Å². The first-order valence-corrected chi connectivity index (χ1v) is 11.1. The minimum atomic E-state index is -0.596. The predicted octanol–water partition coefficient (Wildman–Crippen LogP) is 3.60. The van der Waals surface area contributed by atoms with Crippen LogP contribution in [-0.4, -0.2) is 47.2 Å². The number of aliphatic hydroxyl groups is 2. The van der Waals surface area contributed by atoms with Crippen LogP contribution in [0.15, 0.2) is 18.2 Å². The summed E-state index contributed by atoms with van der Waals surface area (Å²) in [5, 5.41) is 29.9. The van der Waals surface area contributed by atoms with Gasteiger partial charge >= 0.3 is 5.97 Å². The van der Waals surface area contributed by atoms with E-state index < -0.39 is 12.2 Å². The number of esters is 1. The van der Waals surface area contributed by atoms with E-state index in [1.165, 1.54) is 14.0 Å². The minimum absolute atomic E-state index is 0.0700. The van der Waals surface area contributed by atoms with Gasteiger partial charge in [-0.05, 0) is 56.2 Å². The summed E-state index contributed by atoms with van der Waals surface area (Å²) in [5.41, 5.74) is 0.719. The molecule has 1 aliphatic rings. The molecule has 31 heavy (non-hydrogen) atoms. The van der Waals surface area contributed by atoms with Crippen molar-refractivity contribution in [2.24, 2.45) is 11.3 Å². The number of hydrogen-bond donors (Lipinski definition) is 3. The van der Waals surface area contributed by atoms with Crippen LogP contribution in [-0.2, 0) is 16.0 Å². The fourth-order valence-corrected chi connectivity index (χ4v) is 4.34. The molecule has 6 heteroatoms. The maximum Gasteiger partial charge on any atom is 0.302 e. The van der Waals surface area contributed by atoms with Crippen molar-refractivity contribution in [3.8, 4) is 23.3 Å². The minimum Gasteiger partial charge on any atom is -0.504 e. The molecule has 0 radical (unpaired) electrons. The van der Waals surface area contributed by atoms with Crippen LogP contribution in [0.1, 0.15) is 64.4 Å². The molecule has 4 atom stereocenters. The summed E-state index contributed by atoms with van der Waals surface area (Å²) in [4.78, 5) is 11.8. The van der Waals surface area contributed by atoms with Crippen molar-refractivity contribution in [3.63, 3.8) is 0 Å². The van der Waals surface area contributed by atoms with Gasteiger partial charge in [-0.3, -0.25) is 4.79 Å². The van der Waals surface area contributed by atoms with E-state index in [0.717, 1.165) is 24.8 Å². The van der Waals surface area contributed by atoms with Crippen LogP contribution >= 0.6 is 0 Å². The topological polar surface area (TPSA) is 96.2 Å². The van der Waals surface area contributed by atoms with Crippen LogP contribution in [0.5, 0.6) is 11.5 Å². The van der Waals surface area contributed by atoms with E-state index in [1.54, 1.807) is 12.1 Å². The van der Waals surface area contributed by atoms with Gasteiger partial charge in [0.2, 0.25) is 0 Å². The quantitative estimate of drug-likeness (QED) is 0.429. The number of carbonyl (C=O) groups is 1. The fourth-order valence-electron chi connectivity index (χ4n) is 4.34. The van der Waals surface area contributed by atoms with Gasteiger partial charge in [-0.2, -0.15) is 0 Å². The molecule has 172 valence electrons. The van der Waals surface area contributed by atoms with Crippen molar-refractivity contribution < 1.29 is 29.6 Å². The summed E-state index contributed by atoms with van der Waals surface area (Å²) in [6.07, 6.45) is 4.09. The fraction of sp³-hybridized carbons (Fsp3) is 0.640. The molecular weight excluding hydrogens is 396 g/mol. The Balaban J connectivity index is 2.35. The lowest BCUT2D eigenvalue weighted by atomic mass is 9.75. The lowest BCUT2D eigenvalue weighted by Gasteiger charge is -2.32.